The van der Waals surface area contributed by atoms with Gasteiger partial charge in [0, 0.05) is 36.6 Å². The van der Waals surface area contributed by atoms with Crippen molar-refractivity contribution >= 4 is 51.4 Å². The van der Waals surface area contributed by atoms with E-state index in [1.54, 1.807) is 42.2 Å². The van der Waals surface area contributed by atoms with Crippen LogP contribution in [0.2, 0.25) is 15.3 Å². The van der Waals surface area contributed by atoms with E-state index in [1.807, 2.05) is 32.0 Å². The molecule has 0 aliphatic carbocycles. The largest absolute Gasteiger partial charge is 0.372 e. The molecule has 4 rings (SSSR count). The van der Waals surface area contributed by atoms with Crippen molar-refractivity contribution in [3.05, 3.63) is 91.4 Å². The molecule has 0 saturated carbocycles. The zero-order valence-electron chi connectivity index (χ0n) is 17.7. The molecule has 0 unspecified atom stereocenters. The van der Waals surface area contributed by atoms with Crippen LogP contribution in [0.4, 0.5) is 5.69 Å². The van der Waals surface area contributed by atoms with Gasteiger partial charge in [-0.1, -0.05) is 40.9 Å². The van der Waals surface area contributed by atoms with Gasteiger partial charge in [-0.05, 0) is 55.7 Å². The molecule has 1 N–H and O–H groups in total. The van der Waals surface area contributed by atoms with Crippen molar-refractivity contribution in [2.24, 2.45) is 7.05 Å². The lowest BCUT2D eigenvalue weighted by molar-refractivity contribution is 0.563. The number of nitrogens with one attached hydrogen (secondary N) is 1. The van der Waals surface area contributed by atoms with Crippen LogP contribution in [-0.2, 0) is 19.0 Å². The second kappa shape index (κ2) is 8.70. The van der Waals surface area contributed by atoms with Gasteiger partial charge in [0.05, 0.1) is 16.1 Å². The monoisotopic (exact) mass is 487 g/mol. The quantitative estimate of drug-likeness (QED) is 0.369. The van der Waals surface area contributed by atoms with E-state index >= 15 is 0 Å². The second-order valence-corrected chi connectivity index (χ2v) is 9.14. The number of hydrogen-bond acceptors (Lipinski definition) is 5. The normalized spacial score (nSPS) is 11.7. The van der Waals surface area contributed by atoms with Crippen LogP contribution in [0.5, 0.6) is 0 Å². The number of aryl methyl sites for hydroxylation is 1. The zero-order valence-corrected chi connectivity index (χ0v) is 19.9. The number of rotatable bonds is 5. The summed E-state index contributed by atoms with van der Waals surface area (Å²) in [7, 11) is 1.75. The number of benzene rings is 1. The van der Waals surface area contributed by atoms with Gasteiger partial charge >= 0.3 is 0 Å². The van der Waals surface area contributed by atoms with Gasteiger partial charge in [0.15, 0.2) is 5.82 Å². The fraction of sp³-hybridized carbons (Fsp3) is 0.217. The Labute approximate surface area is 200 Å². The number of halogens is 3. The summed E-state index contributed by atoms with van der Waals surface area (Å²) in [6.45, 7) is 3.94. The maximum Gasteiger partial charge on any atom is 0.252 e. The highest BCUT2D eigenvalue weighted by Crippen LogP contribution is 2.32. The number of hydrogen-bond donors (Lipinski definition) is 1. The SMILES string of the molecule is Cn1c(=O)cc(NC(C)(C)c2ncccn2)c2cc(Cc3cc(Cl)nc(Cl)c3Cl)ccc21. The summed E-state index contributed by atoms with van der Waals surface area (Å²) in [5.41, 5.74) is 2.52. The van der Waals surface area contributed by atoms with Gasteiger partial charge in [-0.15, -0.1) is 0 Å². The molecule has 0 radical (unpaired) electrons. The molecular formula is C23H20Cl3N5O. The maximum absolute atomic E-state index is 12.6. The zero-order chi connectivity index (χ0) is 23.0. The van der Waals surface area contributed by atoms with Gasteiger partial charge < -0.3 is 9.88 Å². The molecule has 3 heterocycles. The van der Waals surface area contributed by atoms with E-state index in [2.05, 4.69) is 20.3 Å². The Kier molecular flexibility index (Phi) is 6.12. The standard InChI is InChI=1S/C23H20Cl3N5O/c1-23(2,22-27-7-4-8-28-22)30-16-12-19(32)31(3)17-6-5-13(10-15(16)17)9-14-11-18(24)29-21(26)20(14)25/h4-8,10-12,30H,9H2,1-3H3. The van der Waals surface area contributed by atoms with Crippen LogP contribution in [0.25, 0.3) is 10.9 Å². The smallest absolute Gasteiger partial charge is 0.252 e. The van der Waals surface area contributed by atoms with E-state index in [9.17, 15) is 4.79 Å². The van der Waals surface area contributed by atoms with E-state index in [4.69, 9.17) is 34.8 Å². The minimum atomic E-state index is -0.605. The fourth-order valence-electron chi connectivity index (χ4n) is 3.60. The molecule has 0 bridgehead atoms. The molecule has 0 aliphatic heterocycles. The summed E-state index contributed by atoms with van der Waals surface area (Å²) in [4.78, 5) is 25.3. The van der Waals surface area contributed by atoms with Gasteiger partial charge in [0.25, 0.3) is 5.56 Å². The molecular weight excluding hydrogens is 469 g/mol. The predicted molar refractivity (Wildman–Crippen MR) is 130 cm³/mol. The third-order valence-corrected chi connectivity index (χ3v) is 6.22. The number of anilines is 1. The van der Waals surface area contributed by atoms with Gasteiger partial charge in [-0.3, -0.25) is 4.79 Å². The van der Waals surface area contributed by atoms with Gasteiger partial charge in [0.2, 0.25) is 0 Å². The van der Waals surface area contributed by atoms with Crippen molar-refractivity contribution in [3.8, 4) is 0 Å². The third kappa shape index (κ3) is 4.44. The molecule has 32 heavy (non-hydrogen) atoms. The minimum Gasteiger partial charge on any atom is -0.372 e. The van der Waals surface area contributed by atoms with Gasteiger partial charge in [-0.25, -0.2) is 15.0 Å². The average molecular weight is 489 g/mol. The molecule has 6 nitrogen and oxygen atoms in total. The summed E-state index contributed by atoms with van der Waals surface area (Å²) in [5.74, 6) is 0.623. The highest BCUT2D eigenvalue weighted by Gasteiger charge is 2.24. The van der Waals surface area contributed by atoms with Crippen LogP contribution in [0, 0.1) is 0 Å². The summed E-state index contributed by atoms with van der Waals surface area (Å²) < 4.78 is 1.61. The Balaban J connectivity index is 1.80. The predicted octanol–water partition coefficient (Wildman–Crippen LogP) is 5.62. The van der Waals surface area contributed by atoms with Crippen molar-refractivity contribution in [3.63, 3.8) is 0 Å². The van der Waals surface area contributed by atoms with Crippen molar-refractivity contribution in [1.82, 2.24) is 19.5 Å². The Hall–Kier alpha value is -2.67. The topological polar surface area (TPSA) is 72.7 Å². The van der Waals surface area contributed by atoms with E-state index in [0.717, 1.165) is 22.0 Å². The van der Waals surface area contributed by atoms with E-state index in [0.29, 0.717) is 23.0 Å². The highest BCUT2D eigenvalue weighted by molar-refractivity contribution is 6.42. The first kappa shape index (κ1) is 22.5. The summed E-state index contributed by atoms with van der Waals surface area (Å²) >= 11 is 18.5. The number of fused-ring (bicyclic) bond motifs is 1. The molecule has 4 aromatic rings. The van der Waals surface area contributed by atoms with Crippen LogP contribution in [0.3, 0.4) is 0 Å². The Morgan fingerprint density at radius 2 is 1.78 bits per heavy atom. The lowest BCUT2D eigenvalue weighted by Crippen LogP contribution is -2.31. The van der Waals surface area contributed by atoms with E-state index in [1.165, 1.54) is 0 Å². The van der Waals surface area contributed by atoms with Gasteiger partial charge in [-0.2, -0.15) is 0 Å². The maximum atomic E-state index is 12.6. The van der Waals surface area contributed by atoms with Crippen LogP contribution in [-0.4, -0.2) is 19.5 Å². The summed E-state index contributed by atoms with van der Waals surface area (Å²) in [6.07, 6.45) is 3.89. The number of pyridine rings is 2. The Morgan fingerprint density at radius 3 is 2.50 bits per heavy atom. The van der Waals surface area contributed by atoms with Crippen molar-refractivity contribution in [1.29, 1.82) is 0 Å². The van der Waals surface area contributed by atoms with Crippen LogP contribution in [0.1, 0.15) is 30.8 Å². The van der Waals surface area contributed by atoms with E-state index in [-0.39, 0.29) is 15.9 Å². The second-order valence-electron chi connectivity index (χ2n) is 8.01. The first-order valence-electron chi connectivity index (χ1n) is 9.84. The van der Waals surface area contributed by atoms with Crippen LogP contribution < -0.4 is 10.9 Å². The number of aromatic nitrogens is 4. The average Bonchev–Trinajstić information content (AvgIpc) is 2.76. The van der Waals surface area contributed by atoms with E-state index < -0.39 is 5.54 Å². The van der Waals surface area contributed by atoms with Crippen molar-refractivity contribution in [2.45, 2.75) is 25.8 Å². The Morgan fingerprint density at radius 1 is 1.06 bits per heavy atom. The highest BCUT2D eigenvalue weighted by atomic mass is 35.5. The van der Waals surface area contributed by atoms with Crippen molar-refractivity contribution in [2.75, 3.05) is 5.32 Å². The molecule has 0 fully saturated rings. The molecule has 164 valence electrons. The molecule has 0 atom stereocenters. The van der Waals surface area contributed by atoms with Crippen molar-refractivity contribution < 1.29 is 0 Å². The Bertz CT molecular complexity index is 1370. The molecule has 9 heteroatoms. The lowest BCUT2D eigenvalue weighted by Gasteiger charge is -2.27. The van der Waals surface area contributed by atoms with Crippen LogP contribution >= 0.6 is 34.8 Å². The molecule has 0 saturated heterocycles. The first-order valence-corrected chi connectivity index (χ1v) is 11.0. The molecule has 3 aromatic heterocycles. The summed E-state index contributed by atoms with van der Waals surface area (Å²) in [5, 5.41) is 5.16. The van der Waals surface area contributed by atoms with Gasteiger partial charge in [0.1, 0.15) is 10.3 Å². The molecule has 0 aliphatic rings. The molecule has 0 spiro atoms. The fourth-order valence-corrected chi connectivity index (χ4v) is 4.23. The molecule has 0 amide bonds. The minimum absolute atomic E-state index is 0.117. The number of nitrogens with zero attached hydrogens (tertiary/aromatic N) is 4. The molecule has 1 aromatic carbocycles. The first-order chi connectivity index (χ1) is 15.2. The lowest BCUT2D eigenvalue weighted by atomic mass is 10.0. The van der Waals surface area contributed by atoms with Crippen LogP contribution in [0.15, 0.2) is 53.6 Å². The third-order valence-electron chi connectivity index (χ3n) is 5.24. The summed E-state index contributed by atoms with van der Waals surface area (Å²) in [6, 6.07) is 11.0.